The minimum absolute atomic E-state index is 0.0223. The third-order valence-corrected chi connectivity index (χ3v) is 11.6. The van der Waals surface area contributed by atoms with Crippen LogP contribution in [-0.2, 0) is 36.3 Å². The smallest absolute Gasteiger partial charge is 0.416 e. The minimum Gasteiger partial charge on any atom is -0.489 e. The molecule has 0 radical (unpaired) electrons. The minimum atomic E-state index is -4.63. The highest BCUT2D eigenvalue weighted by Gasteiger charge is 2.34. The first-order valence-corrected chi connectivity index (χ1v) is 24.2. The van der Waals surface area contributed by atoms with Crippen molar-refractivity contribution in [1.82, 2.24) is 9.78 Å². The Balaban J connectivity index is 0.000000314. The average Bonchev–Trinajstić information content (AvgIpc) is 3.63. The number of halogens is 8. The number of hydrogen-bond donors (Lipinski definition) is 4. The van der Waals surface area contributed by atoms with Gasteiger partial charge in [0.1, 0.15) is 36.2 Å². The fourth-order valence-electron chi connectivity index (χ4n) is 6.16. The zero-order chi connectivity index (χ0) is 51.1. The van der Waals surface area contributed by atoms with Crippen LogP contribution < -0.4 is 26.0 Å². The summed E-state index contributed by atoms with van der Waals surface area (Å²) in [5.41, 5.74) is 12.8. The fraction of sp³-hybridized carbons (Fsp3) is 0.415. The number of amides is 2. The lowest BCUT2D eigenvalue weighted by molar-refractivity contribution is -0.383. The van der Waals surface area contributed by atoms with Crippen LogP contribution in [0.5, 0.6) is 5.75 Å². The maximum absolute atomic E-state index is 12.6. The summed E-state index contributed by atoms with van der Waals surface area (Å²) >= 11 is 28.5. The summed E-state index contributed by atoms with van der Waals surface area (Å²) in [5.74, 6) is -1.28. The number of alkyl halides is 6. The number of nitrogen functional groups attached to an aromatic ring is 1. The standard InChI is InChI=1S/C15H22ClNO2.C11H11Cl2NO2.C10H5Cl2F3N4O2.C5H12NO4P/c1-5-13-8-6-7-11(2)15(13)17(14(18)9-16)12(3)10-19-4;1-7-6-16-9-5-3-2-4-8(9)14(7)11(15)10(12)13;11-5-1-4(10(13,14)15)2-6(12)8(5)18-9(16)7(3-17-18)19(20)21;1-11(9,10)3-2-4(6)5(7)8/h6-8,12H,5,9-10H2,1-4H3;2-5,7,10H,6H2,1H3;1-3H,16H2;4H,2-3,6H2,1H3,(H,7,8)(H,9,10). The van der Waals surface area contributed by atoms with E-state index in [1.807, 2.05) is 57.2 Å². The molecule has 26 heteroatoms. The van der Waals surface area contributed by atoms with Crippen molar-refractivity contribution in [1.29, 1.82) is 0 Å². The van der Waals surface area contributed by atoms with Crippen LogP contribution in [0, 0.1) is 17.0 Å². The van der Waals surface area contributed by atoms with Crippen molar-refractivity contribution >= 4 is 106 Å². The van der Waals surface area contributed by atoms with Gasteiger partial charge in [-0.1, -0.05) is 83.7 Å². The van der Waals surface area contributed by atoms with Crippen molar-refractivity contribution in [3.05, 3.63) is 97.6 Å². The lowest BCUT2D eigenvalue weighted by Crippen LogP contribution is -2.47. The number of aromatic nitrogens is 2. The van der Waals surface area contributed by atoms with Gasteiger partial charge < -0.3 is 40.7 Å². The summed E-state index contributed by atoms with van der Waals surface area (Å²) in [4.78, 5) is 55.1. The molecule has 0 saturated carbocycles. The molecule has 1 aromatic heterocycles. The quantitative estimate of drug-likeness (QED) is 0.0423. The second-order valence-electron chi connectivity index (χ2n) is 14.7. The normalized spacial score (nSPS) is 14.8. The van der Waals surface area contributed by atoms with Gasteiger partial charge in [0.2, 0.25) is 11.7 Å². The number of ether oxygens (including phenoxy) is 2. The first-order chi connectivity index (χ1) is 31.1. The number of hydrogen-bond acceptors (Lipinski definition) is 11. The van der Waals surface area contributed by atoms with E-state index in [9.17, 15) is 42.2 Å². The molecule has 0 spiro atoms. The van der Waals surface area contributed by atoms with E-state index in [-0.39, 0.29) is 58.1 Å². The Morgan fingerprint density at radius 3 is 2.21 bits per heavy atom. The highest BCUT2D eigenvalue weighted by molar-refractivity contribution is 7.57. The lowest BCUT2D eigenvalue weighted by Gasteiger charge is -2.35. The Morgan fingerprint density at radius 2 is 1.73 bits per heavy atom. The summed E-state index contributed by atoms with van der Waals surface area (Å²) in [6.45, 7) is 10.1. The first-order valence-electron chi connectivity index (χ1n) is 19.7. The molecule has 4 atom stereocenters. The molecule has 0 bridgehead atoms. The van der Waals surface area contributed by atoms with E-state index in [0.29, 0.717) is 31.1 Å². The van der Waals surface area contributed by atoms with Crippen LogP contribution in [0.4, 0.5) is 36.1 Å². The molecule has 4 aromatic rings. The molecule has 1 aliphatic rings. The van der Waals surface area contributed by atoms with Crippen LogP contribution in [0.2, 0.25) is 10.0 Å². The summed E-state index contributed by atoms with van der Waals surface area (Å²) in [6, 6.07) is 13.6. The van der Waals surface area contributed by atoms with Crippen molar-refractivity contribution < 1.29 is 56.5 Å². The molecule has 3 aromatic carbocycles. The zero-order valence-electron chi connectivity index (χ0n) is 36.8. The number of nitrogens with zero attached hydrogens (tertiary/aromatic N) is 5. The van der Waals surface area contributed by atoms with E-state index < -0.39 is 52.4 Å². The van der Waals surface area contributed by atoms with Gasteiger partial charge >= 0.3 is 17.8 Å². The van der Waals surface area contributed by atoms with Crippen molar-refractivity contribution in [3.8, 4) is 11.4 Å². The number of benzene rings is 3. The van der Waals surface area contributed by atoms with Gasteiger partial charge in [-0.05, 0) is 69.0 Å². The van der Waals surface area contributed by atoms with Gasteiger partial charge in [0.05, 0.1) is 50.6 Å². The van der Waals surface area contributed by atoms with E-state index >= 15 is 0 Å². The number of nitro groups is 1. The summed E-state index contributed by atoms with van der Waals surface area (Å²) in [7, 11) is -1.47. The van der Waals surface area contributed by atoms with E-state index in [4.69, 9.17) is 88.9 Å². The molecule has 370 valence electrons. The van der Waals surface area contributed by atoms with E-state index in [2.05, 4.69) is 18.1 Å². The number of carbonyl (C=O) groups is 3. The molecule has 67 heavy (non-hydrogen) atoms. The lowest BCUT2D eigenvalue weighted by atomic mass is 10.0. The predicted octanol–water partition coefficient (Wildman–Crippen LogP) is 9.15. The number of carbonyl (C=O) groups excluding carboxylic acids is 2. The molecule has 4 unspecified atom stereocenters. The molecular weight excluding hydrogens is 1020 g/mol. The number of carboxylic acids is 1. The van der Waals surface area contributed by atoms with Crippen LogP contribution >= 0.6 is 65.4 Å². The molecule has 2 heterocycles. The van der Waals surface area contributed by atoms with Gasteiger partial charge in [-0.15, -0.1) is 11.6 Å². The predicted molar refractivity (Wildman–Crippen MR) is 255 cm³/mol. The van der Waals surface area contributed by atoms with Gasteiger partial charge in [0.25, 0.3) is 5.91 Å². The number of methoxy groups -OCH3 is 1. The molecule has 0 fully saturated rings. The largest absolute Gasteiger partial charge is 0.489 e. The zero-order valence-corrected chi connectivity index (χ0v) is 41.5. The Bertz CT molecular complexity index is 2370. The van der Waals surface area contributed by atoms with Gasteiger partial charge in [0.15, 0.2) is 12.2 Å². The number of aryl methyl sites for hydroxylation is 2. The number of carboxylic acid groups (broad SMARTS) is 1. The molecule has 0 aliphatic carbocycles. The Kier molecular flexibility index (Phi) is 23.2. The molecule has 0 saturated heterocycles. The first kappa shape index (κ1) is 58.8. The Morgan fingerprint density at radius 1 is 1.13 bits per heavy atom. The maximum Gasteiger partial charge on any atom is 0.416 e. The number of para-hydroxylation sites is 3. The van der Waals surface area contributed by atoms with Gasteiger partial charge in [-0.3, -0.25) is 29.1 Å². The average molecular weight is 1070 g/mol. The number of nitrogens with two attached hydrogens (primary N) is 2. The van der Waals surface area contributed by atoms with E-state index in [1.54, 1.807) is 16.9 Å². The van der Waals surface area contributed by atoms with Gasteiger partial charge in [-0.2, -0.15) is 18.3 Å². The SMILES string of the molecule is CC1COc2ccccc2N1C(=O)C(Cl)Cl.CCc1cccc(C)c1N(C(=O)CCl)C(C)COC.CP(=O)(O)CCC(N)C(=O)O.Nc1c([N+](=O)[O-])cnn1-c1c(Cl)cc(C(F)(F)F)cc1Cl. The van der Waals surface area contributed by atoms with Crippen LogP contribution in [-0.4, -0.2) is 104 Å². The third-order valence-electron chi connectivity index (χ3n) is 9.36. The number of fused-ring (bicyclic) bond motifs is 1. The Hall–Kier alpha value is -4.37. The van der Waals surface area contributed by atoms with E-state index in [0.717, 1.165) is 39.8 Å². The highest BCUT2D eigenvalue weighted by Crippen LogP contribution is 2.40. The van der Waals surface area contributed by atoms with Crippen molar-refractivity contribution in [2.45, 2.75) is 69.7 Å². The van der Waals surface area contributed by atoms with Crippen LogP contribution in [0.25, 0.3) is 5.69 Å². The molecular formula is C41H50Cl5F3N7O10P. The third kappa shape index (κ3) is 17.0. The maximum atomic E-state index is 12.6. The van der Waals surface area contributed by atoms with Crippen molar-refractivity contribution in [3.63, 3.8) is 0 Å². The van der Waals surface area contributed by atoms with E-state index in [1.165, 1.54) is 6.66 Å². The molecule has 5 rings (SSSR count). The molecule has 2 amide bonds. The topological polar surface area (TPSA) is 247 Å². The molecule has 17 nitrogen and oxygen atoms in total. The number of aliphatic carboxylic acids is 1. The van der Waals surface area contributed by atoms with Crippen molar-refractivity contribution in [2.75, 3.05) is 54.6 Å². The number of rotatable bonds is 13. The summed E-state index contributed by atoms with van der Waals surface area (Å²) in [6.07, 6.45) is -2.91. The molecule has 1 aliphatic heterocycles. The van der Waals surface area contributed by atoms with Crippen LogP contribution in [0.3, 0.4) is 0 Å². The van der Waals surface area contributed by atoms with Crippen molar-refractivity contribution in [2.24, 2.45) is 5.73 Å². The van der Waals surface area contributed by atoms with Crippen LogP contribution in [0.15, 0.2) is 60.8 Å². The molecule has 6 N–H and O–H groups in total. The van der Waals surface area contributed by atoms with Gasteiger partial charge in [0, 0.05) is 19.9 Å². The second kappa shape index (κ2) is 26.4. The summed E-state index contributed by atoms with van der Waals surface area (Å²) < 4.78 is 60.0. The highest BCUT2D eigenvalue weighted by atomic mass is 35.5. The monoisotopic (exact) mass is 1060 g/mol. The fourth-order valence-corrected chi connectivity index (χ4v) is 7.91. The summed E-state index contributed by atoms with van der Waals surface area (Å²) in [5, 5.41) is 21.8. The van der Waals surface area contributed by atoms with Gasteiger partial charge in [-0.25, -0.2) is 4.68 Å². The Labute approximate surface area is 409 Å². The second-order valence-corrected chi connectivity index (χ2v) is 19.4. The number of anilines is 3. The van der Waals surface area contributed by atoms with Crippen LogP contribution in [0.1, 0.15) is 43.9 Å².